The molecule has 0 aliphatic carbocycles. The first-order valence-corrected chi connectivity index (χ1v) is 3.06. The number of H-pyrrole nitrogens is 1. The molecule has 2 radical (unpaired) electrons. The standard InChI is InChI=1S/C3HBBrN3O2/c4-2-1(8(9)10)3(5)7-6-2/h(H,6,7). The second-order valence-electron chi connectivity index (χ2n) is 1.53. The van der Waals surface area contributed by atoms with Gasteiger partial charge in [0.1, 0.15) is 0 Å². The molecule has 1 aromatic heterocycles. The monoisotopic (exact) mass is 201 g/mol. The van der Waals surface area contributed by atoms with E-state index >= 15 is 0 Å². The van der Waals surface area contributed by atoms with Crippen LogP contribution in [-0.2, 0) is 0 Å². The number of nitro groups is 1. The van der Waals surface area contributed by atoms with E-state index in [1.807, 2.05) is 0 Å². The Hall–Kier alpha value is -0.845. The first-order valence-electron chi connectivity index (χ1n) is 2.26. The molecule has 0 atom stereocenters. The number of aromatic amines is 1. The summed E-state index contributed by atoms with van der Waals surface area (Å²) in [5.74, 6) is 0. The fraction of sp³-hybridized carbons (Fsp3) is 0. The average Bonchev–Trinajstić information content (AvgIpc) is 2.11. The highest BCUT2D eigenvalue weighted by molar-refractivity contribution is 9.10. The van der Waals surface area contributed by atoms with Crippen LogP contribution in [0.2, 0.25) is 0 Å². The van der Waals surface area contributed by atoms with Crippen molar-refractivity contribution < 1.29 is 4.92 Å². The molecule has 1 N–H and O–H groups in total. The molecule has 0 bridgehead atoms. The van der Waals surface area contributed by atoms with Gasteiger partial charge in [-0.25, -0.2) is 0 Å². The summed E-state index contributed by atoms with van der Waals surface area (Å²) >= 11 is 2.85. The molecular formula is C3HBBrN3O2. The van der Waals surface area contributed by atoms with Crippen LogP contribution in [0.3, 0.4) is 0 Å². The highest BCUT2D eigenvalue weighted by Crippen LogP contribution is 2.17. The first kappa shape index (κ1) is 7.26. The number of hydrogen-bond donors (Lipinski definition) is 1. The minimum absolute atomic E-state index is 0.0446. The third kappa shape index (κ3) is 1.04. The van der Waals surface area contributed by atoms with Crippen LogP contribution in [0.25, 0.3) is 0 Å². The van der Waals surface area contributed by atoms with Crippen LogP contribution < -0.4 is 5.59 Å². The number of aromatic nitrogens is 2. The maximum absolute atomic E-state index is 10.1. The van der Waals surface area contributed by atoms with E-state index < -0.39 is 4.92 Å². The highest BCUT2D eigenvalue weighted by Gasteiger charge is 2.17. The van der Waals surface area contributed by atoms with Gasteiger partial charge in [-0.05, 0) is 15.9 Å². The molecule has 0 fully saturated rings. The van der Waals surface area contributed by atoms with Crippen molar-refractivity contribution in [1.82, 2.24) is 10.2 Å². The van der Waals surface area contributed by atoms with Gasteiger partial charge in [-0.3, -0.25) is 15.2 Å². The van der Waals surface area contributed by atoms with Crippen LogP contribution in [-0.4, -0.2) is 23.0 Å². The Balaban J connectivity index is 3.23. The van der Waals surface area contributed by atoms with Gasteiger partial charge in [0.2, 0.25) is 4.60 Å². The van der Waals surface area contributed by atoms with Crippen molar-refractivity contribution in [3.63, 3.8) is 0 Å². The third-order valence-electron chi connectivity index (χ3n) is 0.908. The van der Waals surface area contributed by atoms with Crippen LogP contribution in [0.4, 0.5) is 5.69 Å². The van der Waals surface area contributed by atoms with E-state index in [1.54, 1.807) is 0 Å². The van der Waals surface area contributed by atoms with Crippen LogP contribution in [0.5, 0.6) is 0 Å². The third-order valence-corrected chi connectivity index (χ3v) is 1.46. The molecule has 50 valence electrons. The molecule has 5 nitrogen and oxygen atoms in total. The number of halogens is 1. The van der Waals surface area contributed by atoms with E-state index in [1.165, 1.54) is 0 Å². The van der Waals surface area contributed by atoms with Crippen molar-refractivity contribution in [2.75, 3.05) is 0 Å². The Labute approximate surface area is 65.5 Å². The van der Waals surface area contributed by atoms with Crippen LogP contribution in [0.15, 0.2) is 4.60 Å². The van der Waals surface area contributed by atoms with Crippen LogP contribution in [0.1, 0.15) is 0 Å². The lowest BCUT2D eigenvalue weighted by molar-refractivity contribution is -0.384. The van der Waals surface area contributed by atoms with Crippen molar-refractivity contribution in [3.05, 3.63) is 14.7 Å². The smallest absolute Gasteiger partial charge is 0.285 e. The van der Waals surface area contributed by atoms with Crippen molar-refractivity contribution in [2.24, 2.45) is 0 Å². The fourth-order valence-corrected chi connectivity index (χ4v) is 0.947. The van der Waals surface area contributed by atoms with Gasteiger partial charge in [-0.15, -0.1) is 0 Å². The fourth-order valence-electron chi connectivity index (χ4n) is 0.500. The first-order chi connectivity index (χ1) is 4.63. The lowest BCUT2D eigenvalue weighted by Crippen LogP contribution is -2.08. The summed E-state index contributed by atoms with van der Waals surface area (Å²) in [6.45, 7) is 0. The zero-order valence-corrected chi connectivity index (χ0v) is 6.25. The summed E-state index contributed by atoms with van der Waals surface area (Å²) in [6.07, 6.45) is 0. The van der Waals surface area contributed by atoms with Crippen LogP contribution in [0, 0.1) is 10.1 Å². The van der Waals surface area contributed by atoms with Gasteiger partial charge >= 0.3 is 5.69 Å². The Bertz CT molecular complexity index is 253. The molecule has 1 heterocycles. The number of nitrogens with zero attached hydrogens (tertiary/aromatic N) is 2. The molecule has 0 aromatic carbocycles. The Morgan fingerprint density at radius 2 is 2.40 bits per heavy atom. The summed E-state index contributed by atoms with van der Waals surface area (Å²) in [4.78, 5) is 9.53. The summed E-state index contributed by atoms with van der Waals surface area (Å²) in [6, 6.07) is 0. The lowest BCUT2D eigenvalue weighted by atomic mass is 10.0. The van der Waals surface area contributed by atoms with Gasteiger partial charge in [-0.1, -0.05) is 0 Å². The SMILES string of the molecule is [B]c1[nH]nc(Br)c1[N+](=O)[O-]. The second kappa shape index (κ2) is 2.41. The molecule has 0 amide bonds. The summed E-state index contributed by atoms with van der Waals surface area (Å²) in [5, 5.41) is 15.9. The molecule has 0 aliphatic rings. The predicted molar refractivity (Wildman–Crippen MR) is 38.3 cm³/mol. The minimum atomic E-state index is -0.608. The van der Waals surface area contributed by atoms with Gasteiger partial charge in [0.05, 0.1) is 10.5 Å². The molecular weight excluding hydrogens is 201 g/mol. The minimum Gasteiger partial charge on any atom is -0.285 e. The summed E-state index contributed by atoms with van der Waals surface area (Å²) in [5.41, 5.74) is -0.267. The number of nitrogens with one attached hydrogen (secondary N) is 1. The number of hydrogen-bond acceptors (Lipinski definition) is 3. The number of rotatable bonds is 1. The second-order valence-corrected chi connectivity index (χ2v) is 2.28. The van der Waals surface area contributed by atoms with E-state index in [4.69, 9.17) is 7.85 Å². The topological polar surface area (TPSA) is 71.8 Å². The summed E-state index contributed by atoms with van der Waals surface area (Å²) < 4.78 is 0.120. The van der Waals surface area contributed by atoms with E-state index in [0.717, 1.165) is 0 Å². The molecule has 7 heteroatoms. The lowest BCUT2D eigenvalue weighted by Gasteiger charge is -1.85. The largest absolute Gasteiger partial charge is 0.313 e. The van der Waals surface area contributed by atoms with E-state index in [0.29, 0.717) is 0 Å². The average molecular weight is 202 g/mol. The molecule has 10 heavy (non-hydrogen) atoms. The summed E-state index contributed by atoms with van der Waals surface area (Å²) in [7, 11) is 5.15. The Morgan fingerprint density at radius 3 is 2.60 bits per heavy atom. The predicted octanol–water partition coefficient (Wildman–Crippen LogP) is -0.126. The van der Waals surface area contributed by atoms with Crippen molar-refractivity contribution in [1.29, 1.82) is 0 Å². The molecule has 0 spiro atoms. The zero-order valence-electron chi connectivity index (χ0n) is 4.67. The van der Waals surface area contributed by atoms with Gasteiger partial charge in [0.15, 0.2) is 7.85 Å². The van der Waals surface area contributed by atoms with E-state index in [2.05, 4.69) is 26.1 Å². The van der Waals surface area contributed by atoms with Gasteiger partial charge in [0, 0.05) is 0 Å². The molecule has 0 saturated carbocycles. The maximum atomic E-state index is 10.1. The Kier molecular flexibility index (Phi) is 1.75. The van der Waals surface area contributed by atoms with Gasteiger partial charge in [-0.2, -0.15) is 5.10 Å². The van der Waals surface area contributed by atoms with E-state index in [9.17, 15) is 10.1 Å². The van der Waals surface area contributed by atoms with Crippen LogP contribution >= 0.6 is 15.9 Å². The molecule has 0 unspecified atom stereocenters. The van der Waals surface area contributed by atoms with Crippen molar-refractivity contribution in [3.8, 4) is 0 Å². The van der Waals surface area contributed by atoms with Gasteiger partial charge < -0.3 is 0 Å². The molecule has 1 rings (SSSR count). The zero-order chi connectivity index (χ0) is 7.72. The van der Waals surface area contributed by atoms with E-state index in [-0.39, 0.29) is 15.9 Å². The van der Waals surface area contributed by atoms with Crippen molar-refractivity contribution >= 4 is 35.1 Å². The molecule has 1 aromatic rings. The quantitative estimate of drug-likeness (QED) is 0.391. The van der Waals surface area contributed by atoms with Crippen molar-refractivity contribution in [2.45, 2.75) is 0 Å². The highest BCUT2D eigenvalue weighted by atomic mass is 79.9. The van der Waals surface area contributed by atoms with Gasteiger partial charge in [0.25, 0.3) is 0 Å². The molecule has 0 aliphatic heterocycles. The normalized spacial score (nSPS) is 9.70. The molecule has 0 saturated heterocycles. The Morgan fingerprint density at radius 1 is 1.80 bits per heavy atom. The maximum Gasteiger partial charge on any atom is 0.313 e.